The van der Waals surface area contributed by atoms with E-state index < -0.39 is 22.5 Å². The quantitative estimate of drug-likeness (QED) is 0.655. The summed E-state index contributed by atoms with van der Waals surface area (Å²) in [5.74, 6) is -1.19. The lowest BCUT2D eigenvalue weighted by atomic mass is 10.1. The molecule has 9 heteroatoms. The number of nitrogens with zero attached hydrogens (tertiary/aromatic N) is 2. The maximum atomic E-state index is 12.0. The van der Waals surface area contributed by atoms with Gasteiger partial charge in [0.1, 0.15) is 5.54 Å². The van der Waals surface area contributed by atoms with Gasteiger partial charge in [-0.15, -0.1) is 0 Å². The summed E-state index contributed by atoms with van der Waals surface area (Å²) in [5.41, 5.74) is -1.66. The Bertz CT molecular complexity index is 603. The SMILES string of the molecule is CN(C(=O)Nc1cc([N+](=O)[O-])ccc1Cl)C(C)(C)C(=O)O. The number of aliphatic carboxylic acids is 1. The molecule has 0 saturated heterocycles. The van der Waals surface area contributed by atoms with E-state index in [-0.39, 0.29) is 16.4 Å². The van der Waals surface area contributed by atoms with E-state index in [0.29, 0.717) is 0 Å². The second-order valence-electron chi connectivity index (χ2n) is 4.77. The molecule has 0 aliphatic carbocycles. The van der Waals surface area contributed by atoms with Crippen molar-refractivity contribution >= 4 is 35.0 Å². The van der Waals surface area contributed by atoms with Crippen molar-refractivity contribution in [2.45, 2.75) is 19.4 Å². The fraction of sp³-hybridized carbons (Fsp3) is 0.333. The number of likely N-dealkylation sites (N-methyl/N-ethyl adjacent to an activating group) is 1. The first kappa shape index (κ1) is 16.7. The van der Waals surface area contributed by atoms with Crippen molar-refractivity contribution in [2.75, 3.05) is 12.4 Å². The summed E-state index contributed by atoms with van der Waals surface area (Å²) in [5, 5.41) is 22.2. The minimum Gasteiger partial charge on any atom is -0.480 e. The van der Waals surface area contributed by atoms with Gasteiger partial charge in [-0.2, -0.15) is 0 Å². The number of carboxylic acid groups (broad SMARTS) is 1. The predicted molar refractivity (Wildman–Crippen MR) is 76.6 cm³/mol. The Kier molecular flexibility index (Phi) is 4.74. The molecular weight excluding hydrogens is 302 g/mol. The van der Waals surface area contributed by atoms with Crippen LogP contribution in [0, 0.1) is 10.1 Å². The van der Waals surface area contributed by atoms with Gasteiger partial charge in [-0.1, -0.05) is 11.6 Å². The molecule has 0 saturated carbocycles. The highest BCUT2D eigenvalue weighted by Gasteiger charge is 2.35. The highest BCUT2D eigenvalue weighted by Crippen LogP contribution is 2.27. The Balaban J connectivity index is 3.01. The normalized spacial score (nSPS) is 10.9. The Morgan fingerprint density at radius 2 is 2.00 bits per heavy atom. The van der Waals surface area contributed by atoms with E-state index in [2.05, 4.69) is 5.32 Å². The summed E-state index contributed by atoms with van der Waals surface area (Å²) in [6.45, 7) is 2.70. The van der Waals surface area contributed by atoms with Crippen LogP contribution in [-0.2, 0) is 4.79 Å². The van der Waals surface area contributed by atoms with E-state index in [1.54, 1.807) is 0 Å². The van der Waals surface area contributed by atoms with Gasteiger partial charge in [0.25, 0.3) is 5.69 Å². The highest BCUT2D eigenvalue weighted by molar-refractivity contribution is 6.33. The molecule has 1 rings (SSSR count). The number of nitro benzene ring substituents is 1. The number of rotatable bonds is 4. The monoisotopic (exact) mass is 315 g/mol. The van der Waals surface area contributed by atoms with Crippen molar-refractivity contribution < 1.29 is 19.6 Å². The molecule has 2 N–H and O–H groups in total. The van der Waals surface area contributed by atoms with Gasteiger partial charge in [-0.05, 0) is 19.9 Å². The number of halogens is 1. The maximum absolute atomic E-state index is 12.0. The predicted octanol–water partition coefficient (Wildman–Crippen LogP) is 2.58. The van der Waals surface area contributed by atoms with E-state index in [0.717, 1.165) is 11.0 Å². The first-order chi connectivity index (χ1) is 9.57. The van der Waals surface area contributed by atoms with Crippen LogP contribution in [0.25, 0.3) is 0 Å². The van der Waals surface area contributed by atoms with Crippen LogP contribution in [0.15, 0.2) is 18.2 Å². The fourth-order valence-electron chi connectivity index (χ4n) is 1.32. The van der Waals surface area contributed by atoms with Crippen LogP contribution < -0.4 is 5.32 Å². The molecule has 8 nitrogen and oxygen atoms in total. The van der Waals surface area contributed by atoms with E-state index in [9.17, 15) is 19.7 Å². The lowest BCUT2D eigenvalue weighted by Gasteiger charge is -2.31. The number of benzene rings is 1. The average Bonchev–Trinajstić information content (AvgIpc) is 2.39. The second-order valence-corrected chi connectivity index (χ2v) is 5.18. The molecule has 0 atom stereocenters. The lowest BCUT2D eigenvalue weighted by Crippen LogP contribution is -2.52. The summed E-state index contributed by atoms with van der Waals surface area (Å²) < 4.78 is 0. The van der Waals surface area contributed by atoms with E-state index in [1.807, 2.05) is 0 Å². The molecule has 0 radical (unpaired) electrons. The van der Waals surface area contributed by atoms with Crippen LogP contribution in [0.4, 0.5) is 16.2 Å². The Morgan fingerprint density at radius 1 is 1.43 bits per heavy atom. The molecule has 1 aromatic carbocycles. The molecular formula is C12H14ClN3O5. The highest BCUT2D eigenvalue weighted by atomic mass is 35.5. The summed E-state index contributed by atoms with van der Waals surface area (Å²) in [7, 11) is 1.30. The zero-order valence-electron chi connectivity index (χ0n) is 11.6. The first-order valence-corrected chi connectivity index (χ1v) is 6.17. The smallest absolute Gasteiger partial charge is 0.329 e. The van der Waals surface area contributed by atoms with Gasteiger partial charge in [0.15, 0.2) is 0 Å². The van der Waals surface area contributed by atoms with Gasteiger partial charge in [0.05, 0.1) is 15.6 Å². The number of anilines is 1. The van der Waals surface area contributed by atoms with Gasteiger partial charge in [0, 0.05) is 19.2 Å². The molecule has 0 fully saturated rings. The second kappa shape index (κ2) is 5.96. The zero-order valence-corrected chi connectivity index (χ0v) is 12.3. The maximum Gasteiger partial charge on any atom is 0.329 e. The molecule has 2 amide bonds. The van der Waals surface area contributed by atoms with Crippen LogP contribution in [0.3, 0.4) is 0 Å². The Morgan fingerprint density at radius 3 is 2.48 bits per heavy atom. The van der Waals surface area contributed by atoms with Crippen molar-refractivity contribution in [2.24, 2.45) is 0 Å². The number of hydrogen-bond donors (Lipinski definition) is 2. The Hall–Kier alpha value is -2.35. The Labute approximate surface area is 125 Å². The van der Waals surface area contributed by atoms with E-state index >= 15 is 0 Å². The number of carbonyl (C=O) groups excluding carboxylic acids is 1. The minimum atomic E-state index is -1.45. The topological polar surface area (TPSA) is 113 Å². The molecule has 0 heterocycles. The first-order valence-electron chi connectivity index (χ1n) is 5.79. The van der Waals surface area contributed by atoms with Crippen molar-refractivity contribution in [3.05, 3.63) is 33.3 Å². The van der Waals surface area contributed by atoms with Crippen LogP contribution in [0.2, 0.25) is 5.02 Å². The number of carboxylic acids is 1. The van der Waals surface area contributed by atoms with Crippen molar-refractivity contribution in [1.82, 2.24) is 4.90 Å². The number of amides is 2. The van der Waals surface area contributed by atoms with Gasteiger partial charge in [-0.3, -0.25) is 10.1 Å². The van der Waals surface area contributed by atoms with E-state index in [4.69, 9.17) is 16.7 Å². The number of hydrogen-bond acceptors (Lipinski definition) is 4. The van der Waals surface area contributed by atoms with Crippen molar-refractivity contribution in [3.8, 4) is 0 Å². The molecule has 0 unspecified atom stereocenters. The van der Waals surface area contributed by atoms with Gasteiger partial charge in [-0.25, -0.2) is 9.59 Å². The van der Waals surface area contributed by atoms with E-state index in [1.165, 1.54) is 33.0 Å². The molecule has 0 aliphatic rings. The van der Waals surface area contributed by atoms with Crippen molar-refractivity contribution in [3.63, 3.8) is 0 Å². The number of non-ortho nitro benzene ring substituents is 1. The van der Waals surface area contributed by atoms with Gasteiger partial charge < -0.3 is 15.3 Å². The van der Waals surface area contributed by atoms with Crippen LogP contribution in [-0.4, -0.2) is 39.5 Å². The minimum absolute atomic E-state index is 0.0314. The molecule has 0 bridgehead atoms. The summed E-state index contributed by atoms with van der Waals surface area (Å²) in [6.07, 6.45) is 0. The van der Waals surface area contributed by atoms with Crippen molar-refractivity contribution in [1.29, 1.82) is 0 Å². The number of carbonyl (C=O) groups is 2. The lowest BCUT2D eigenvalue weighted by molar-refractivity contribution is -0.384. The summed E-state index contributed by atoms with van der Waals surface area (Å²) in [4.78, 5) is 34.1. The third-order valence-electron chi connectivity index (χ3n) is 3.07. The molecule has 21 heavy (non-hydrogen) atoms. The zero-order chi connectivity index (χ0) is 16.4. The van der Waals surface area contributed by atoms with Gasteiger partial charge in [0.2, 0.25) is 0 Å². The summed E-state index contributed by atoms with van der Waals surface area (Å²) >= 11 is 5.85. The molecule has 114 valence electrons. The standard InChI is InChI=1S/C12H14ClN3O5/c1-12(2,10(17)18)15(3)11(19)14-9-6-7(16(20)21)4-5-8(9)13/h4-6H,1-3H3,(H,14,19)(H,17,18). The number of nitrogens with one attached hydrogen (secondary N) is 1. The fourth-order valence-corrected chi connectivity index (χ4v) is 1.48. The van der Waals surface area contributed by atoms with Crippen LogP contribution >= 0.6 is 11.6 Å². The number of nitro groups is 1. The molecule has 0 aromatic heterocycles. The third-order valence-corrected chi connectivity index (χ3v) is 3.40. The largest absolute Gasteiger partial charge is 0.480 e. The van der Waals surface area contributed by atoms with Crippen LogP contribution in [0.5, 0.6) is 0 Å². The molecule has 1 aromatic rings. The van der Waals surface area contributed by atoms with Crippen LogP contribution in [0.1, 0.15) is 13.8 Å². The van der Waals surface area contributed by atoms with Gasteiger partial charge >= 0.3 is 12.0 Å². The third kappa shape index (κ3) is 3.60. The molecule has 0 spiro atoms. The summed E-state index contributed by atoms with van der Waals surface area (Å²) in [6, 6.07) is 2.83. The molecule has 0 aliphatic heterocycles. The number of urea groups is 1. The average molecular weight is 316 g/mol.